The van der Waals surface area contributed by atoms with E-state index in [0.717, 1.165) is 19.3 Å². The molecular weight excluding hydrogens is 236 g/mol. The van der Waals surface area contributed by atoms with Gasteiger partial charge in [-0.2, -0.15) is 0 Å². The van der Waals surface area contributed by atoms with Gasteiger partial charge in [0.15, 0.2) is 0 Å². The Morgan fingerprint density at radius 3 is 2.58 bits per heavy atom. The maximum absolute atomic E-state index is 11.2. The summed E-state index contributed by atoms with van der Waals surface area (Å²) in [5.74, 6) is 2.07. The van der Waals surface area contributed by atoms with Crippen molar-refractivity contribution in [3.8, 4) is 0 Å². The molecule has 19 heavy (non-hydrogen) atoms. The molecule has 0 aromatic rings. The molecule has 2 saturated carbocycles. The molecule has 0 aliphatic heterocycles. The van der Waals surface area contributed by atoms with E-state index in [9.17, 15) is 4.79 Å². The van der Waals surface area contributed by atoms with Crippen LogP contribution in [0.4, 0.5) is 0 Å². The van der Waals surface area contributed by atoms with Crippen LogP contribution in [-0.4, -0.2) is 12.1 Å². The van der Waals surface area contributed by atoms with Gasteiger partial charge in [-0.05, 0) is 56.3 Å². The van der Waals surface area contributed by atoms with E-state index in [1.165, 1.54) is 24.5 Å². The van der Waals surface area contributed by atoms with Gasteiger partial charge < -0.3 is 4.74 Å². The Hall–Kier alpha value is -1.05. The third-order valence-electron chi connectivity index (χ3n) is 5.05. The molecule has 2 aliphatic carbocycles. The topological polar surface area (TPSA) is 26.3 Å². The molecule has 0 radical (unpaired) electrons. The highest BCUT2D eigenvalue weighted by Crippen LogP contribution is 2.50. The summed E-state index contributed by atoms with van der Waals surface area (Å²) in [5, 5.41) is 0. The Morgan fingerprint density at radius 2 is 2.00 bits per heavy atom. The number of ether oxygens (including phenoxy) is 1. The molecule has 5 atom stereocenters. The van der Waals surface area contributed by atoms with Crippen LogP contribution in [0.1, 0.15) is 46.5 Å². The van der Waals surface area contributed by atoms with Crippen LogP contribution in [0.3, 0.4) is 0 Å². The number of carbonyl (C=O) groups is 1. The quantitative estimate of drug-likeness (QED) is 0.552. The fourth-order valence-corrected chi connectivity index (χ4v) is 4.05. The summed E-state index contributed by atoms with van der Waals surface area (Å²) in [6.07, 6.45) is 4.44. The second-order valence-corrected chi connectivity index (χ2v) is 6.52. The van der Waals surface area contributed by atoms with Crippen LogP contribution >= 0.6 is 0 Å². The van der Waals surface area contributed by atoms with Gasteiger partial charge in [0.05, 0.1) is 0 Å². The molecule has 0 spiro atoms. The van der Waals surface area contributed by atoms with Crippen LogP contribution in [0.2, 0.25) is 0 Å². The average molecular weight is 262 g/mol. The van der Waals surface area contributed by atoms with Crippen LogP contribution < -0.4 is 0 Å². The Morgan fingerprint density at radius 1 is 1.32 bits per heavy atom. The molecule has 2 rings (SSSR count). The van der Waals surface area contributed by atoms with Crippen LogP contribution in [-0.2, 0) is 9.53 Å². The third-order valence-corrected chi connectivity index (χ3v) is 5.05. The Kier molecular flexibility index (Phi) is 4.17. The van der Waals surface area contributed by atoms with Gasteiger partial charge in [0.25, 0.3) is 0 Å². The molecule has 2 heteroatoms. The number of fused-ring (bicyclic) bond motifs is 1. The molecule has 0 N–H and O–H groups in total. The zero-order chi connectivity index (χ0) is 14.2. The van der Waals surface area contributed by atoms with E-state index in [0.29, 0.717) is 23.7 Å². The summed E-state index contributed by atoms with van der Waals surface area (Å²) in [6.45, 7) is 14.3. The Bertz CT molecular complexity index is 396. The molecule has 0 saturated heterocycles. The first-order valence-corrected chi connectivity index (χ1v) is 7.40. The Balaban J connectivity index is 2.15. The summed E-state index contributed by atoms with van der Waals surface area (Å²) in [4.78, 5) is 11.2. The standard InChI is InChI=1S/C17H26O2/c1-10(2)14-7-6-11(3)15-9-17(19-13(5)18)12(4)8-16(14)15/h12,14-17H,1,3,6-9H2,2,4-5H3. The number of hydrogen-bond donors (Lipinski definition) is 0. The fourth-order valence-electron chi connectivity index (χ4n) is 4.05. The van der Waals surface area contributed by atoms with Crippen molar-refractivity contribution in [3.05, 3.63) is 24.3 Å². The molecule has 0 heterocycles. The summed E-state index contributed by atoms with van der Waals surface area (Å²) >= 11 is 0. The first kappa shape index (κ1) is 14.4. The zero-order valence-corrected chi connectivity index (χ0v) is 12.4. The third kappa shape index (κ3) is 2.93. The van der Waals surface area contributed by atoms with Gasteiger partial charge in [0, 0.05) is 6.92 Å². The van der Waals surface area contributed by atoms with Crippen LogP contribution in [0.5, 0.6) is 0 Å². The van der Waals surface area contributed by atoms with Crippen LogP contribution in [0.15, 0.2) is 24.3 Å². The fraction of sp³-hybridized carbons (Fsp3) is 0.706. The van der Waals surface area contributed by atoms with E-state index in [2.05, 4.69) is 27.0 Å². The van der Waals surface area contributed by atoms with Crippen LogP contribution in [0.25, 0.3) is 0 Å². The summed E-state index contributed by atoms with van der Waals surface area (Å²) in [7, 11) is 0. The number of hydrogen-bond acceptors (Lipinski definition) is 2. The molecule has 0 aromatic carbocycles. The highest BCUT2D eigenvalue weighted by atomic mass is 16.5. The van der Waals surface area contributed by atoms with Gasteiger partial charge in [0.2, 0.25) is 0 Å². The predicted molar refractivity (Wildman–Crippen MR) is 77.6 cm³/mol. The van der Waals surface area contributed by atoms with Crippen molar-refractivity contribution in [2.75, 3.05) is 0 Å². The largest absolute Gasteiger partial charge is 0.462 e. The van der Waals surface area contributed by atoms with E-state index in [-0.39, 0.29) is 12.1 Å². The maximum Gasteiger partial charge on any atom is 0.302 e. The molecule has 0 amide bonds. The molecule has 2 fully saturated rings. The second-order valence-electron chi connectivity index (χ2n) is 6.52. The van der Waals surface area contributed by atoms with Crippen molar-refractivity contribution in [3.63, 3.8) is 0 Å². The van der Waals surface area contributed by atoms with Crippen molar-refractivity contribution < 1.29 is 9.53 Å². The van der Waals surface area contributed by atoms with E-state index in [1.54, 1.807) is 0 Å². The van der Waals surface area contributed by atoms with Gasteiger partial charge >= 0.3 is 5.97 Å². The summed E-state index contributed by atoms with van der Waals surface area (Å²) in [5.41, 5.74) is 2.66. The number of allylic oxidation sites excluding steroid dienone is 2. The predicted octanol–water partition coefficient (Wildman–Crippen LogP) is 4.12. The van der Waals surface area contributed by atoms with Crippen molar-refractivity contribution in [2.45, 2.75) is 52.6 Å². The van der Waals surface area contributed by atoms with Crippen LogP contribution in [0, 0.1) is 23.7 Å². The lowest BCUT2D eigenvalue weighted by Gasteiger charge is -2.47. The van der Waals surface area contributed by atoms with Crippen molar-refractivity contribution in [1.82, 2.24) is 0 Å². The van der Waals surface area contributed by atoms with E-state index < -0.39 is 0 Å². The van der Waals surface area contributed by atoms with Crippen molar-refractivity contribution in [1.29, 1.82) is 0 Å². The lowest BCUT2D eigenvalue weighted by Crippen LogP contribution is -2.42. The monoisotopic (exact) mass is 262 g/mol. The Labute approximate surface area is 116 Å². The highest BCUT2D eigenvalue weighted by molar-refractivity contribution is 5.66. The molecule has 106 valence electrons. The summed E-state index contributed by atoms with van der Waals surface area (Å²) < 4.78 is 5.49. The van der Waals surface area contributed by atoms with E-state index in [4.69, 9.17) is 4.74 Å². The molecule has 0 bridgehead atoms. The maximum atomic E-state index is 11.2. The van der Waals surface area contributed by atoms with Gasteiger partial charge in [0.1, 0.15) is 6.10 Å². The van der Waals surface area contributed by atoms with Gasteiger partial charge in [-0.15, -0.1) is 0 Å². The average Bonchev–Trinajstić information content (AvgIpc) is 2.30. The van der Waals surface area contributed by atoms with Crippen molar-refractivity contribution in [2.24, 2.45) is 23.7 Å². The molecule has 2 aliphatic rings. The van der Waals surface area contributed by atoms with E-state index >= 15 is 0 Å². The minimum Gasteiger partial charge on any atom is -0.462 e. The normalized spacial score (nSPS) is 38.5. The molecule has 5 unspecified atom stereocenters. The van der Waals surface area contributed by atoms with Crippen molar-refractivity contribution >= 4 is 5.97 Å². The van der Waals surface area contributed by atoms with Gasteiger partial charge in [-0.3, -0.25) is 4.79 Å². The number of rotatable bonds is 2. The highest BCUT2D eigenvalue weighted by Gasteiger charge is 2.43. The molecular formula is C17H26O2. The van der Waals surface area contributed by atoms with Gasteiger partial charge in [-0.25, -0.2) is 0 Å². The smallest absolute Gasteiger partial charge is 0.302 e. The molecule has 0 aromatic heterocycles. The van der Waals surface area contributed by atoms with Gasteiger partial charge in [-0.1, -0.05) is 31.2 Å². The number of carbonyl (C=O) groups excluding carboxylic acids is 1. The van der Waals surface area contributed by atoms with E-state index in [1.807, 2.05) is 0 Å². The minimum atomic E-state index is -0.159. The second kappa shape index (κ2) is 5.52. The molecule has 2 nitrogen and oxygen atoms in total. The SMILES string of the molecule is C=C(C)C1CCC(=C)C2CC(OC(C)=O)C(C)CC12. The summed E-state index contributed by atoms with van der Waals surface area (Å²) in [6, 6.07) is 0. The number of esters is 1. The first-order chi connectivity index (χ1) is 8.90. The first-order valence-electron chi connectivity index (χ1n) is 7.40. The minimum absolute atomic E-state index is 0.0689. The zero-order valence-electron chi connectivity index (χ0n) is 12.4. The lowest BCUT2D eigenvalue weighted by atomic mass is 9.59. The lowest BCUT2D eigenvalue weighted by molar-refractivity contribution is -0.153.